The third-order valence-electron chi connectivity index (χ3n) is 3.16. The van der Waals surface area contributed by atoms with Gasteiger partial charge in [0.15, 0.2) is 0 Å². The van der Waals surface area contributed by atoms with E-state index in [1.807, 2.05) is 20.8 Å². The topological polar surface area (TPSA) is 66.4 Å². The van der Waals surface area contributed by atoms with Crippen LogP contribution in [-0.4, -0.2) is 26.2 Å². The molecule has 0 spiro atoms. The van der Waals surface area contributed by atoms with Gasteiger partial charge in [-0.05, 0) is 39.9 Å². The molecule has 0 aliphatic carbocycles. The molecule has 0 bridgehead atoms. The van der Waals surface area contributed by atoms with Crippen LogP contribution in [0.1, 0.15) is 27.2 Å². The van der Waals surface area contributed by atoms with Gasteiger partial charge in [-0.15, -0.1) is 11.3 Å². The highest BCUT2D eigenvalue weighted by Crippen LogP contribution is 2.27. The summed E-state index contributed by atoms with van der Waals surface area (Å²) in [5.41, 5.74) is 0. The molecule has 0 saturated carbocycles. The van der Waals surface area contributed by atoms with Crippen molar-refractivity contribution in [3.63, 3.8) is 0 Å². The first-order valence-electron chi connectivity index (χ1n) is 6.20. The molecule has 0 saturated heterocycles. The molecule has 2 atom stereocenters. The lowest BCUT2D eigenvalue weighted by Crippen LogP contribution is -2.44. The standard InChI is InChI=1S/C12H20BrNO3S2/c1-4-9(8(2)3)10(7-15)14-19(16,17)12-6-5-11(13)18-12/h5-6,8-10,14-15H,4,7H2,1-3H3/t9-,10+/m0/s1. The summed E-state index contributed by atoms with van der Waals surface area (Å²) >= 11 is 4.41. The maximum absolute atomic E-state index is 12.2. The summed E-state index contributed by atoms with van der Waals surface area (Å²) in [7, 11) is -3.56. The summed E-state index contributed by atoms with van der Waals surface area (Å²) in [6.07, 6.45) is 0.819. The Labute approximate surface area is 127 Å². The molecular formula is C12H20BrNO3S2. The molecule has 1 heterocycles. The maximum Gasteiger partial charge on any atom is 0.250 e. The summed E-state index contributed by atoms with van der Waals surface area (Å²) < 4.78 is 28.1. The first-order valence-corrected chi connectivity index (χ1v) is 9.29. The van der Waals surface area contributed by atoms with Crippen molar-refractivity contribution in [3.05, 3.63) is 15.9 Å². The van der Waals surface area contributed by atoms with Crippen molar-refractivity contribution in [1.29, 1.82) is 0 Å². The van der Waals surface area contributed by atoms with Crippen LogP contribution in [0.3, 0.4) is 0 Å². The third-order valence-corrected chi connectivity index (χ3v) is 6.77. The van der Waals surface area contributed by atoms with Crippen molar-refractivity contribution in [2.45, 2.75) is 37.4 Å². The van der Waals surface area contributed by atoms with Gasteiger partial charge in [-0.3, -0.25) is 0 Å². The van der Waals surface area contributed by atoms with Gasteiger partial charge in [-0.1, -0.05) is 27.2 Å². The SMILES string of the molecule is CC[C@@H](C(C)C)[C@@H](CO)NS(=O)(=O)c1ccc(Br)s1. The number of aliphatic hydroxyl groups excluding tert-OH is 1. The minimum absolute atomic E-state index is 0.114. The van der Waals surface area contributed by atoms with Gasteiger partial charge in [0.05, 0.1) is 10.4 Å². The molecule has 0 aliphatic rings. The Morgan fingerprint density at radius 1 is 1.42 bits per heavy atom. The second-order valence-corrected chi connectivity index (χ2v) is 9.19. The van der Waals surface area contributed by atoms with E-state index in [0.717, 1.165) is 21.5 Å². The van der Waals surface area contributed by atoms with Crippen molar-refractivity contribution in [2.75, 3.05) is 6.61 Å². The third kappa shape index (κ3) is 4.53. The molecule has 19 heavy (non-hydrogen) atoms. The molecule has 2 N–H and O–H groups in total. The van der Waals surface area contributed by atoms with Gasteiger partial charge in [0, 0.05) is 6.04 Å². The van der Waals surface area contributed by atoms with Gasteiger partial charge in [0.1, 0.15) is 4.21 Å². The molecular weight excluding hydrogens is 350 g/mol. The fourth-order valence-corrected chi connectivity index (χ4v) is 5.48. The van der Waals surface area contributed by atoms with Crippen LogP contribution in [0.15, 0.2) is 20.1 Å². The molecule has 7 heteroatoms. The number of hydrogen-bond acceptors (Lipinski definition) is 4. The lowest BCUT2D eigenvalue weighted by atomic mass is 9.87. The predicted molar refractivity (Wildman–Crippen MR) is 81.8 cm³/mol. The van der Waals surface area contributed by atoms with Gasteiger partial charge in [0.25, 0.3) is 0 Å². The Hall–Kier alpha value is 0.0500. The quantitative estimate of drug-likeness (QED) is 0.776. The van der Waals surface area contributed by atoms with Crippen LogP contribution < -0.4 is 4.72 Å². The highest BCUT2D eigenvalue weighted by Gasteiger charge is 2.28. The Balaban J connectivity index is 2.91. The Morgan fingerprint density at radius 3 is 2.42 bits per heavy atom. The van der Waals surface area contributed by atoms with E-state index in [2.05, 4.69) is 20.7 Å². The van der Waals surface area contributed by atoms with Crippen molar-refractivity contribution in [1.82, 2.24) is 4.72 Å². The van der Waals surface area contributed by atoms with E-state index in [0.29, 0.717) is 5.92 Å². The minimum atomic E-state index is -3.56. The summed E-state index contributed by atoms with van der Waals surface area (Å²) in [6.45, 7) is 5.88. The highest BCUT2D eigenvalue weighted by molar-refractivity contribution is 9.11. The zero-order chi connectivity index (χ0) is 14.6. The molecule has 0 fully saturated rings. The van der Waals surface area contributed by atoms with Gasteiger partial charge >= 0.3 is 0 Å². The summed E-state index contributed by atoms with van der Waals surface area (Å²) in [5.74, 6) is 0.420. The average Bonchev–Trinajstić information content (AvgIpc) is 2.75. The van der Waals surface area contributed by atoms with E-state index in [4.69, 9.17) is 0 Å². The lowest BCUT2D eigenvalue weighted by molar-refractivity contribution is 0.184. The van der Waals surface area contributed by atoms with Crippen molar-refractivity contribution in [2.24, 2.45) is 11.8 Å². The van der Waals surface area contributed by atoms with Crippen LogP contribution in [0.2, 0.25) is 0 Å². The summed E-state index contributed by atoms with van der Waals surface area (Å²) in [4.78, 5) is 0. The highest BCUT2D eigenvalue weighted by atomic mass is 79.9. The van der Waals surface area contributed by atoms with Crippen LogP contribution >= 0.6 is 27.3 Å². The first-order chi connectivity index (χ1) is 8.81. The average molecular weight is 370 g/mol. The van der Waals surface area contributed by atoms with Gasteiger partial charge < -0.3 is 5.11 Å². The molecule has 0 aliphatic heterocycles. The summed E-state index contributed by atoms with van der Waals surface area (Å²) in [5, 5.41) is 9.46. The second kappa shape index (κ2) is 7.17. The Bertz CT molecular complexity index is 499. The van der Waals surface area contributed by atoms with Gasteiger partial charge in [-0.2, -0.15) is 0 Å². The second-order valence-electron chi connectivity index (χ2n) is 4.79. The van der Waals surface area contributed by atoms with Crippen molar-refractivity contribution >= 4 is 37.3 Å². The van der Waals surface area contributed by atoms with Crippen LogP contribution in [0, 0.1) is 11.8 Å². The molecule has 0 unspecified atom stereocenters. The molecule has 1 rings (SSSR count). The van der Waals surface area contributed by atoms with E-state index in [-0.39, 0.29) is 16.7 Å². The van der Waals surface area contributed by atoms with Crippen molar-refractivity contribution in [3.8, 4) is 0 Å². The maximum atomic E-state index is 12.2. The van der Waals surface area contributed by atoms with Crippen LogP contribution in [0.5, 0.6) is 0 Å². The van der Waals surface area contributed by atoms with E-state index >= 15 is 0 Å². The molecule has 1 aromatic rings. The molecule has 0 radical (unpaired) electrons. The number of nitrogens with one attached hydrogen (secondary N) is 1. The van der Waals surface area contributed by atoms with E-state index in [9.17, 15) is 13.5 Å². The zero-order valence-electron chi connectivity index (χ0n) is 11.3. The largest absolute Gasteiger partial charge is 0.395 e. The number of halogens is 1. The Morgan fingerprint density at radius 2 is 2.05 bits per heavy atom. The fraction of sp³-hybridized carbons (Fsp3) is 0.667. The minimum Gasteiger partial charge on any atom is -0.395 e. The summed E-state index contributed by atoms with van der Waals surface area (Å²) in [6, 6.07) is 2.81. The molecule has 110 valence electrons. The Kier molecular flexibility index (Phi) is 6.46. The molecule has 4 nitrogen and oxygen atoms in total. The smallest absolute Gasteiger partial charge is 0.250 e. The number of aliphatic hydroxyl groups is 1. The molecule has 1 aromatic heterocycles. The monoisotopic (exact) mass is 369 g/mol. The lowest BCUT2D eigenvalue weighted by Gasteiger charge is -2.28. The number of sulfonamides is 1. The normalized spacial score (nSPS) is 15.7. The van der Waals surface area contributed by atoms with E-state index in [1.54, 1.807) is 12.1 Å². The molecule has 0 amide bonds. The van der Waals surface area contributed by atoms with Crippen LogP contribution in [-0.2, 0) is 10.0 Å². The number of rotatable bonds is 7. The van der Waals surface area contributed by atoms with Crippen molar-refractivity contribution < 1.29 is 13.5 Å². The van der Waals surface area contributed by atoms with E-state index < -0.39 is 16.1 Å². The first kappa shape index (κ1) is 17.1. The fourth-order valence-electron chi connectivity index (χ4n) is 2.18. The zero-order valence-corrected chi connectivity index (χ0v) is 14.5. The number of thiophene rings is 1. The van der Waals surface area contributed by atoms with Gasteiger partial charge in [0.2, 0.25) is 10.0 Å². The predicted octanol–water partition coefficient (Wildman–Crippen LogP) is 2.83. The van der Waals surface area contributed by atoms with Crippen LogP contribution in [0.4, 0.5) is 0 Å². The van der Waals surface area contributed by atoms with Crippen LogP contribution in [0.25, 0.3) is 0 Å². The van der Waals surface area contributed by atoms with Gasteiger partial charge in [-0.25, -0.2) is 13.1 Å². The molecule has 0 aromatic carbocycles. The van der Waals surface area contributed by atoms with E-state index in [1.165, 1.54) is 0 Å². The number of hydrogen-bond donors (Lipinski definition) is 2.